The zero-order valence-electron chi connectivity index (χ0n) is 12.1. The Morgan fingerprint density at radius 1 is 1.41 bits per heavy atom. The third-order valence-electron chi connectivity index (χ3n) is 3.56. The van der Waals surface area contributed by atoms with Gasteiger partial charge in [-0.3, -0.25) is 4.79 Å². The highest BCUT2D eigenvalue weighted by atomic mass is 19.1. The first-order valence-electron chi connectivity index (χ1n) is 7.11. The average Bonchev–Trinajstić information content (AvgIpc) is 3.10. The minimum absolute atomic E-state index is 0.0119. The second-order valence-corrected chi connectivity index (χ2v) is 5.34. The molecule has 1 aromatic heterocycles. The van der Waals surface area contributed by atoms with E-state index in [1.807, 2.05) is 0 Å². The fraction of sp³-hybridized carbons (Fsp3) is 0.400. The summed E-state index contributed by atoms with van der Waals surface area (Å²) in [6.07, 6.45) is 0.747. The fourth-order valence-corrected chi connectivity index (χ4v) is 2.35. The van der Waals surface area contributed by atoms with Crippen LogP contribution >= 0.6 is 0 Å². The number of aromatic nitrogens is 2. The van der Waals surface area contributed by atoms with Crippen LogP contribution in [-0.4, -0.2) is 22.7 Å². The highest BCUT2D eigenvalue weighted by Crippen LogP contribution is 2.32. The number of hydrogen-bond acceptors (Lipinski definition) is 5. The summed E-state index contributed by atoms with van der Waals surface area (Å²) in [7, 11) is 0. The smallest absolute Gasteiger partial charge is 0.256 e. The average molecular weight is 305 g/mol. The molecule has 1 amide bonds. The Morgan fingerprint density at radius 2 is 2.18 bits per heavy atom. The van der Waals surface area contributed by atoms with Crippen molar-refractivity contribution in [3.63, 3.8) is 0 Å². The van der Waals surface area contributed by atoms with E-state index in [9.17, 15) is 9.18 Å². The molecule has 0 radical (unpaired) electrons. The Morgan fingerprint density at radius 3 is 2.86 bits per heavy atom. The summed E-state index contributed by atoms with van der Waals surface area (Å²) in [6.45, 7) is 2.73. The van der Waals surface area contributed by atoms with Crippen LogP contribution in [0.5, 0.6) is 0 Å². The Bertz CT molecular complexity index is 656. The third kappa shape index (κ3) is 3.30. The second-order valence-electron chi connectivity index (χ2n) is 5.34. The topological polar surface area (TPSA) is 77.2 Å². The Kier molecular flexibility index (Phi) is 4.15. The molecule has 0 aliphatic carbocycles. The molecule has 1 aliphatic heterocycles. The van der Waals surface area contributed by atoms with E-state index in [0.717, 1.165) is 6.42 Å². The lowest BCUT2D eigenvalue weighted by molar-refractivity contribution is -0.115. The normalized spacial score (nSPS) is 21.0. The number of halogens is 1. The lowest BCUT2D eigenvalue weighted by Gasteiger charge is -2.07. The standard InChI is InChI=1S/C15H16FN3O3/c1-9-6-7-21-14(9)15-18-12(19-22-15)8-13(20)17-11-4-2-10(16)3-5-11/h2-5,9,14H,6-8H2,1H3,(H,17,20)/t9-,14+/m1/s1. The fourth-order valence-electron chi connectivity index (χ4n) is 2.35. The second kappa shape index (κ2) is 6.23. The summed E-state index contributed by atoms with van der Waals surface area (Å²) in [5.41, 5.74) is 0.517. The van der Waals surface area contributed by atoms with E-state index < -0.39 is 0 Å². The van der Waals surface area contributed by atoms with Crippen LogP contribution in [0.15, 0.2) is 28.8 Å². The number of carbonyl (C=O) groups excluding carboxylic acids is 1. The largest absolute Gasteiger partial charge is 0.368 e. The lowest BCUT2D eigenvalue weighted by Crippen LogP contribution is -2.15. The number of benzene rings is 1. The maximum Gasteiger partial charge on any atom is 0.256 e. The first-order chi connectivity index (χ1) is 10.6. The number of nitrogens with zero attached hydrogens (tertiary/aromatic N) is 2. The number of nitrogens with one attached hydrogen (secondary N) is 1. The van der Waals surface area contributed by atoms with Crippen LogP contribution < -0.4 is 5.32 Å². The predicted molar refractivity (Wildman–Crippen MR) is 75.5 cm³/mol. The monoisotopic (exact) mass is 305 g/mol. The van der Waals surface area contributed by atoms with Crippen molar-refractivity contribution >= 4 is 11.6 Å². The maximum absolute atomic E-state index is 12.8. The van der Waals surface area contributed by atoms with Gasteiger partial charge in [0.15, 0.2) is 5.82 Å². The molecule has 116 valence electrons. The zero-order chi connectivity index (χ0) is 15.5. The number of amides is 1. The van der Waals surface area contributed by atoms with Crippen molar-refractivity contribution in [3.05, 3.63) is 41.8 Å². The molecule has 22 heavy (non-hydrogen) atoms. The highest BCUT2D eigenvalue weighted by Gasteiger charge is 2.31. The SMILES string of the molecule is C[C@@H]1CCO[C@@H]1c1nc(CC(=O)Nc2ccc(F)cc2)no1. The van der Waals surface area contributed by atoms with E-state index in [1.54, 1.807) is 0 Å². The molecule has 7 heteroatoms. The minimum Gasteiger partial charge on any atom is -0.368 e. The highest BCUT2D eigenvalue weighted by molar-refractivity contribution is 5.91. The zero-order valence-corrected chi connectivity index (χ0v) is 12.1. The molecular formula is C15H16FN3O3. The van der Waals surface area contributed by atoms with Gasteiger partial charge in [0.1, 0.15) is 11.9 Å². The van der Waals surface area contributed by atoms with Gasteiger partial charge in [-0.15, -0.1) is 0 Å². The van der Waals surface area contributed by atoms with E-state index in [-0.39, 0.29) is 24.2 Å². The van der Waals surface area contributed by atoms with Crippen molar-refractivity contribution in [1.29, 1.82) is 0 Å². The van der Waals surface area contributed by atoms with E-state index in [0.29, 0.717) is 29.9 Å². The first-order valence-corrected chi connectivity index (χ1v) is 7.11. The summed E-state index contributed by atoms with van der Waals surface area (Å²) in [6, 6.07) is 5.54. The van der Waals surface area contributed by atoms with Gasteiger partial charge in [-0.2, -0.15) is 4.98 Å². The minimum atomic E-state index is -0.355. The lowest BCUT2D eigenvalue weighted by atomic mass is 10.0. The molecule has 2 heterocycles. The third-order valence-corrected chi connectivity index (χ3v) is 3.56. The number of anilines is 1. The molecule has 0 saturated carbocycles. The molecule has 6 nitrogen and oxygen atoms in total. The number of hydrogen-bond donors (Lipinski definition) is 1. The van der Waals surface area contributed by atoms with Crippen molar-refractivity contribution in [3.8, 4) is 0 Å². The van der Waals surface area contributed by atoms with Crippen molar-refractivity contribution < 1.29 is 18.4 Å². The predicted octanol–water partition coefficient (Wildman–Crippen LogP) is 2.49. The first kappa shape index (κ1) is 14.6. The molecule has 3 rings (SSSR count). The molecule has 0 spiro atoms. The summed E-state index contributed by atoms with van der Waals surface area (Å²) in [4.78, 5) is 16.1. The molecule has 1 saturated heterocycles. The van der Waals surface area contributed by atoms with Crippen LogP contribution in [0.1, 0.15) is 31.2 Å². The molecule has 2 aromatic rings. The number of rotatable bonds is 4. The van der Waals surface area contributed by atoms with Gasteiger partial charge in [-0.1, -0.05) is 12.1 Å². The van der Waals surface area contributed by atoms with Crippen molar-refractivity contribution in [2.24, 2.45) is 5.92 Å². The van der Waals surface area contributed by atoms with Gasteiger partial charge in [-0.25, -0.2) is 4.39 Å². The van der Waals surface area contributed by atoms with Crippen LogP contribution in [0.2, 0.25) is 0 Å². The van der Waals surface area contributed by atoms with Gasteiger partial charge in [-0.05, 0) is 36.6 Å². The molecule has 1 fully saturated rings. The van der Waals surface area contributed by atoms with Gasteiger partial charge >= 0.3 is 0 Å². The van der Waals surface area contributed by atoms with Gasteiger partial charge in [0.05, 0.1) is 6.42 Å². The van der Waals surface area contributed by atoms with Gasteiger partial charge in [0, 0.05) is 12.3 Å². The molecule has 1 aliphatic rings. The summed E-state index contributed by atoms with van der Waals surface area (Å²) >= 11 is 0. The van der Waals surface area contributed by atoms with Crippen LogP contribution in [0.25, 0.3) is 0 Å². The Hall–Kier alpha value is -2.28. The number of carbonyl (C=O) groups is 1. The van der Waals surface area contributed by atoms with Crippen LogP contribution in [0.4, 0.5) is 10.1 Å². The van der Waals surface area contributed by atoms with Crippen molar-refractivity contribution in [1.82, 2.24) is 10.1 Å². The molecular weight excluding hydrogens is 289 g/mol. The summed E-state index contributed by atoms with van der Waals surface area (Å²) in [5.74, 6) is 0.388. The van der Waals surface area contributed by atoms with Crippen molar-refractivity contribution in [2.75, 3.05) is 11.9 Å². The van der Waals surface area contributed by atoms with E-state index in [1.165, 1.54) is 24.3 Å². The van der Waals surface area contributed by atoms with E-state index >= 15 is 0 Å². The molecule has 1 aromatic carbocycles. The maximum atomic E-state index is 12.8. The van der Waals surface area contributed by atoms with Gasteiger partial charge in [0.2, 0.25) is 5.91 Å². The van der Waals surface area contributed by atoms with Gasteiger partial charge in [0.25, 0.3) is 5.89 Å². The number of ether oxygens (including phenoxy) is 1. The quantitative estimate of drug-likeness (QED) is 0.939. The summed E-state index contributed by atoms with van der Waals surface area (Å²) < 4.78 is 23.5. The Balaban J connectivity index is 1.60. The van der Waals surface area contributed by atoms with E-state index in [2.05, 4.69) is 22.4 Å². The van der Waals surface area contributed by atoms with Crippen LogP contribution in [-0.2, 0) is 16.0 Å². The van der Waals surface area contributed by atoms with Gasteiger partial charge < -0.3 is 14.6 Å². The van der Waals surface area contributed by atoms with E-state index in [4.69, 9.17) is 9.26 Å². The molecule has 0 bridgehead atoms. The van der Waals surface area contributed by atoms with Crippen molar-refractivity contribution in [2.45, 2.75) is 25.9 Å². The van der Waals surface area contributed by atoms with Crippen LogP contribution in [0, 0.1) is 11.7 Å². The molecule has 1 N–H and O–H groups in total. The molecule has 2 atom stereocenters. The molecule has 0 unspecified atom stereocenters. The summed E-state index contributed by atoms with van der Waals surface area (Å²) in [5, 5.41) is 6.45. The Labute approximate surface area is 126 Å². The van der Waals surface area contributed by atoms with Crippen LogP contribution in [0.3, 0.4) is 0 Å².